The molecule has 1 unspecified atom stereocenters. The Morgan fingerprint density at radius 3 is 2.62 bits per heavy atom. The van der Waals surface area contributed by atoms with E-state index in [9.17, 15) is 13.9 Å². The highest BCUT2D eigenvalue weighted by Gasteiger charge is 2.11. The van der Waals surface area contributed by atoms with Gasteiger partial charge in [-0.25, -0.2) is 8.78 Å². The largest absolute Gasteiger partial charge is 0.497 e. The molecule has 0 aromatic heterocycles. The van der Waals surface area contributed by atoms with Gasteiger partial charge in [-0.2, -0.15) is 0 Å². The number of hydrogen-bond donors (Lipinski definition) is 2. The van der Waals surface area contributed by atoms with E-state index in [1.54, 1.807) is 7.11 Å². The third kappa shape index (κ3) is 4.00. The summed E-state index contributed by atoms with van der Waals surface area (Å²) in [6.07, 6.45) is 0. The summed E-state index contributed by atoms with van der Waals surface area (Å²) in [4.78, 5) is 0. The van der Waals surface area contributed by atoms with E-state index in [4.69, 9.17) is 4.74 Å². The lowest BCUT2D eigenvalue weighted by molar-refractivity contribution is 0.243. The lowest BCUT2D eigenvalue weighted by atomic mass is 10.1. The van der Waals surface area contributed by atoms with Crippen LogP contribution in [-0.4, -0.2) is 18.8 Å². The number of aliphatic hydroxyl groups is 1. The van der Waals surface area contributed by atoms with Crippen molar-refractivity contribution in [3.63, 3.8) is 0 Å². The maximum atomic E-state index is 13.1. The van der Waals surface area contributed by atoms with Crippen molar-refractivity contribution >= 4 is 0 Å². The molecule has 0 spiro atoms. The summed E-state index contributed by atoms with van der Waals surface area (Å²) in [5.74, 6) is -1.05. The molecule has 2 rings (SSSR count). The van der Waals surface area contributed by atoms with Gasteiger partial charge in [0, 0.05) is 6.54 Å². The zero-order chi connectivity index (χ0) is 15.2. The Balaban J connectivity index is 2.06. The van der Waals surface area contributed by atoms with E-state index in [0.717, 1.165) is 17.7 Å². The standard InChI is InChI=1S/C16H17F2NO2/c1-21-13-4-2-3-12(8-13)16(10-20)19-9-11-5-6-14(17)15(18)7-11/h2-8,16,19-20H,9-10H2,1H3. The van der Waals surface area contributed by atoms with Crippen molar-refractivity contribution in [3.05, 3.63) is 65.2 Å². The number of rotatable bonds is 6. The quantitative estimate of drug-likeness (QED) is 0.860. The van der Waals surface area contributed by atoms with Crippen molar-refractivity contribution in [1.82, 2.24) is 5.32 Å². The first-order valence-corrected chi connectivity index (χ1v) is 6.56. The number of aliphatic hydroxyl groups excluding tert-OH is 1. The van der Waals surface area contributed by atoms with Crippen LogP contribution in [0, 0.1) is 11.6 Å². The normalized spacial score (nSPS) is 12.2. The van der Waals surface area contributed by atoms with Crippen LogP contribution in [0.15, 0.2) is 42.5 Å². The van der Waals surface area contributed by atoms with Crippen LogP contribution in [0.4, 0.5) is 8.78 Å². The van der Waals surface area contributed by atoms with Crippen molar-refractivity contribution in [2.24, 2.45) is 0 Å². The molecule has 2 aromatic rings. The highest BCUT2D eigenvalue weighted by atomic mass is 19.2. The van der Waals surface area contributed by atoms with Crippen LogP contribution in [0.5, 0.6) is 5.75 Å². The molecular weight excluding hydrogens is 276 g/mol. The van der Waals surface area contributed by atoms with Gasteiger partial charge in [0.05, 0.1) is 19.8 Å². The third-order valence-corrected chi connectivity index (χ3v) is 3.22. The van der Waals surface area contributed by atoms with Crippen LogP contribution in [0.3, 0.4) is 0 Å². The van der Waals surface area contributed by atoms with Crippen LogP contribution in [0.2, 0.25) is 0 Å². The van der Waals surface area contributed by atoms with Gasteiger partial charge >= 0.3 is 0 Å². The van der Waals surface area contributed by atoms with Gasteiger partial charge in [0.15, 0.2) is 11.6 Å². The van der Waals surface area contributed by atoms with E-state index in [0.29, 0.717) is 17.9 Å². The van der Waals surface area contributed by atoms with Crippen LogP contribution < -0.4 is 10.1 Å². The fourth-order valence-corrected chi connectivity index (χ4v) is 2.04. The predicted molar refractivity (Wildman–Crippen MR) is 76.0 cm³/mol. The molecule has 2 N–H and O–H groups in total. The highest BCUT2D eigenvalue weighted by Crippen LogP contribution is 2.19. The SMILES string of the molecule is COc1cccc(C(CO)NCc2ccc(F)c(F)c2)c1. The Hall–Kier alpha value is -1.98. The molecule has 5 heteroatoms. The Kier molecular flexibility index (Phi) is 5.25. The van der Waals surface area contributed by atoms with Gasteiger partial charge in [-0.15, -0.1) is 0 Å². The molecule has 0 radical (unpaired) electrons. The molecule has 0 aliphatic rings. The molecule has 112 valence electrons. The highest BCUT2D eigenvalue weighted by molar-refractivity contribution is 5.30. The fraction of sp³-hybridized carbons (Fsp3) is 0.250. The third-order valence-electron chi connectivity index (χ3n) is 3.22. The summed E-state index contributed by atoms with van der Waals surface area (Å²) in [6, 6.07) is 10.7. The number of benzene rings is 2. The number of hydrogen-bond acceptors (Lipinski definition) is 3. The summed E-state index contributed by atoms with van der Waals surface area (Å²) in [7, 11) is 1.57. The molecule has 0 heterocycles. The number of halogens is 2. The lowest BCUT2D eigenvalue weighted by Gasteiger charge is -2.17. The monoisotopic (exact) mass is 293 g/mol. The van der Waals surface area contributed by atoms with Crippen LogP contribution in [0.1, 0.15) is 17.2 Å². The molecule has 0 amide bonds. The first kappa shape index (κ1) is 15.4. The number of ether oxygens (including phenoxy) is 1. The Morgan fingerprint density at radius 2 is 1.95 bits per heavy atom. The molecule has 0 aliphatic carbocycles. The first-order valence-electron chi connectivity index (χ1n) is 6.56. The molecule has 21 heavy (non-hydrogen) atoms. The molecule has 1 atom stereocenters. The van der Waals surface area contributed by atoms with Crippen molar-refractivity contribution in [2.45, 2.75) is 12.6 Å². The van der Waals surface area contributed by atoms with Gasteiger partial charge in [0.2, 0.25) is 0 Å². The molecule has 0 bridgehead atoms. The Labute approximate surface area is 122 Å². The van der Waals surface area contributed by atoms with Crippen LogP contribution in [-0.2, 0) is 6.54 Å². The van der Waals surface area contributed by atoms with E-state index in [-0.39, 0.29) is 12.6 Å². The Bertz CT molecular complexity index is 605. The fourth-order valence-electron chi connectivity index (χ4n) is 2.04. The average molecular weight is 293 g/mol. The van der Waals surface area contributed by atoms with E-state index in [1.165, 1.54) is 6.07 Å². The summed E-state index contributed by atoms with van der Waals surface area (Å²) < 4.78 is 31.1. The van der Waals surface area contributed by atoms with Crippen molar-refractivity contribution < 1.29 is 18.6 Å². The van der Waals surface area contributed by atoms with E-state index in [2.05, 4.69) is 5.32 Å². The molecule has 0 saturated carbocycles. The van der Waals surface area contributed by atoms with Gasteiger partial charge in [-0.1, -0.05) is 18.2 Å². The summed E-state index contributed by atoms with van der Waals surface area (Å²) in [5.41, 5.74) is 1.47. The van der Waals surface area contributed by atoms with Gasteiger partial charge < -0.3 is 15.2 Å². The molecule has 0 saturated heterocycles. The topological polar surface area (TPSA) is 41.5 Å². The summed E-state index contributed by atoms with van der Waals surface area (Å²) >= 11 is 0. The number of nitrogens with one attached hydrogen (secondary N) is 1. The molecule has 0 aliphatic heterocycles. The van der Waals surface area contributed by atoms with Gasteiger partial charge in [0.1, 0.15) is 5.75 Å². The summed E-state index contributed by atoms with van der Waals surface area (Å²) in [5, 5.41) is 12.6. The average Bonchev–Trinajstić information content (AvgIpc) is 2.51. The molecule has 0 fully saturated rings. The smallest absolute Gasteiger partial charge is 0.159 e. The minimum Gasteiger partial charge on any atom is -0.497 e. The minimum atomic E-state index is -0.878. The van der Waals surface area contributed by atoms with E-state index < -0.39 is 11.6 Å². The minimum absolute atomic E-state index is 0.114. The van der Waals surface area contributed by atoms with Crippen molar-refractivity contribution in [2.75, 3.05) is 13.7 Å². The van der Waals surface area contributed by atoms with Crippen LogP contribution >= 0.6 is 0 Å². The van der Waals surface area contributed by atoms with E-state index >= 15 is 0 Å². The van der Waals surface area contributed by atoms with Crippen molar-refractivity contribution in [1.29, 1.82) is 0 Å². The molecule has 3 nitrogen and oxygen atoms in total. The van der Waals surface area contributed by atoms with Crippen LogP contribution in [0.25, 0.3) is 0 Å². The van der Waals surface area contributed by atoms with Gasteiger partial charge in [0.25, 0.3) is 0 Å². The zero-order valence-electron chi connectivity index (χ0n) is 11.6. The molecular formula is C16H17F2NO2. The second kappa shape index (κ2) is 7.15. The second-order valence-corrected chi connectivity index (χ2v) is 4.64. The lowest BCUT2D eigenvalue weighted by Crippen LogP contribution is -2.24. The summed E-state index contributed by atoms with van der Waals surface area (Å²) in [6.45, 7) is 0.205. The van der Waals surface area contributed by atoms with Gasteiger partial charge in [-0.3, -0.25) is 0 Å². The second-order valence-electron chi connectivity index (χ2n) is 4.64. The van der Waals surface area contributed by atoms with Gasteiger partial charge in [-0.05, 0) is 35.4 Å². The maximum absolute atomic E-state index is 13.1. The number of methoxy groups -OCH3 is 1. The first-order chi connectivity index (χ1) is 10.1. The molecule has 2 aromatic carbocycles. The predicted octanol–water partition coefficient (Wildman–Crippen LogP) is 2.80. The Morgan fingerprint density at radius 1 is 1.14 bits per heavy atom. The van der Waals surface area contributed by atoms with E-state index in [1.807, 2.05) is 24.3 Å². The zero-order valence-corrected chi connectivity index (χ0v) is 11.6. The van der Waals surface area contributed by atoms with Crippen molar-refractivity contribution in [3.8, 4) is 5.75 Å². The maximum Gasteiger partial charge on any atom is 0.159 e.